The van der Waals surface area contributed by atoms with E-state index in [0.717, 1.165) is 0 Å². The van der Waals surface area contributed by atoms with E-state index in [1.807, 2.05) is 12.5 Å². The van der Waals surface area contributed by atoms with E-state index in [4.69, 9.17) is 0 Å². The lowest BCUT2D eigenvalue weighted by atomic mass is 9.79. The van der Waals surface area contributed by atoms with Gasteiger partial charge in [-0.25, -0.2) is 0 Å². The number of nitrogens with zero attached hydrogens (tertiary/aromatic N) is 1. The normalized spacial score (nSPS) is 33.1. The van der Waals surface area contributed by atoms with Gasteiger partial charge in [-0.1, -0.05) is 0 Å². The maximum absolute atomic E-state index is 12.1. The fraction of sp³-hybridized carbons (Fsp3) is 0.727. The van der Waals surface area contributed by atoms with Crippen LogP contribution >= 0.6 is 10.5 Å². The SMILES string of the molecule is CS(C)=C1C(=O)C2CCC([N+](=O)[O-])CC2C1=O. The molecule has 0 aromatic carbocycles. The quantitative estimate of drug-likeness (QED) is 0.397. The van der Waals surface area contributed by atoms with Crippen LogP contribution in [0, 0.1) is 22.0 Å². The van der Waals surface area contributed by atoms with Gasteiger partial charge in [-0.3, -0.25) is 19.7 Å². The minimum absolute atomic E-state index is 0.0462. The lowest BCUT2D eigenvalue weighted by Crippen LogP contribution is -2.34. The number of hydrogen-bond donors (Lipinski definition) is 0. The first-order chi connectivity index (χ1) is 7.93. The monoisotopic (exact) mass is 257 g/mol. The van der Waals surface area contributed by atoms with E-state index in [1.165, 1.54) is 0 Å². The molecule has 0 aromatic heterocycles. The number of nitro groups is 1. The van der Waals surface area contributed by atoms with Crippen molar-refractivity contribution >= 4 is 26.9 Å². The van der Waals surface area contributed by atoms with Crippen molar-refractivity contribution in [1.82, 2.24) is 0 Å². The average molecular weight is 257 g/mol. The van der Waals surface area contributed by atoms with E-state index in [9.17, 15) is 19.7 Å². The molecule has 0 radical (unpaired) electrons. The third-order valence-corrected chi connectivity index (χ3v) is 4.87. The Hall–Kier alpha value is -1.04. The molecule has 2 rings (SSSR count). The molecule has 3 unspecified atom stereocenters. The molecule has 2 fully saturated rings. The van der Waals surface area contributed by atoms with Crippen LogP contribution in [0.1, 0.15) is 19.3 Å². The van der Waals surface area contributed by atoms with Gasteiger partial charge < -0.3 is 0 Å². The average Bonchev–Trinajstić information content (AvgIpc) is 2.51. The van der Waals surface area contributed by atoms with Crippen molar-refractivity contribution in [2.75, 3.05) is 12.5 Å². The van der Waals surface area contributed by atoms with Crippen LogP contribution in [0.3, 0.4) is 0 Å². The summed E-state index contributed by atoms with van der Waals surface area (Å²) in [4.78, 5) is 35.0. The second-order valence-corrected chi connectivity index (χ2v) is 6.88. The largest absolute Gasteiger partial charge is 0.293 e. The molecular formula is C11H15NO4S. The Kier molecular flexibility index (Phi) is 3.16. The highest BCUT2D eigenvalue weighted by molar-refractivity contribution is 8.16. The fourth-order valence-electron chi connectivity index (χ4n) is 2.80. The maximum Gasteiger partial charge on any atom is 0.213 e. The molecule has 3 atom stereocenters. The molecule has 0 bridgehead atoms. The number of fused-ring (bicyclic) bond motifs is 1. The van der Waals surface area contributed by atoms with E-state index < -0.39 is 12.0 Å². The summed E-state index contributed by atoms with van der Waals surface area (Å²) in [6.45, 7) is 0. The van der Waals surface area contributed by atoms with Crippen LogP contribution in [0.2, 0.25) is 0 Å². The van der Waals surface area contributed by atoms with E-state index in [2.05, 4.69) is 0 Å². The van der Waals surface area contributed by atoms with Gasteiger partial charge in [0.05, 0.1) is 4.86 Å². The van der Waals surface area contributed by atoms with E-state index >= 15 is 0 Å². The molecule has 2 aliphatic rings. The number of rotatable bonds is 1. The number of hydrogen-bond acceptors (Lipinski definition) is 4. The van der Waals surface area contributed by atoms with Crippen LogP contribution in [-0.2, 0) is 9.59 Å². The zero-order valence-electron chi connectivity index (χ0n) is 9.84. The Labute approximate surface area is 102 Å². The second kappa shape index (κ2) is 4.33. The van der Waals surface area contributed by atoms with Crippen molar-refractivity contribution in [2.45, 2.75) is 25.3 Å². The minimum Gasteiger partial charge on any atom is -0.293 e. The molecular weight excluding hydrogens is 242 g/mol. The van der Waals surface area contributed by atoms with Crippen LogP contribution < -0.4 is 0 Å². The van der Waals surface area contributed by atoms with Gasteiger partial charge in [0.2, 0.25) is 6.04 Å². The van der Waals surface area contributed by atoms with Gasteiger partial charge in [0.1, 0.15) is 0 Å². The molecule has 2 saturated carbocycles. The Morgan fingerprint density at radius 2 is 1.76 bits per heavy atom. The highest BCUT2D eigenvalue weighted by Gasteiger charge is 2.51. The summed E-state index contributed by atoms with van der Waals surface area (Å²) in [5, 5.41) is 10.8. The van der Waals surface area contributed by atoms with Crippen molar-refractivity contribution in [1.29, 1.82) is 0 Å². The lowest BCUT2D eigenvalue weighted by Gasteiger charge is -2.24. The molecule has 0 amide bonds. The van der Waals surface area contributed by atoms with Gasteiger partial charge >= 0.3 is 0 Å². The summed E-state index contributed by atoms with van der Waals surface area (Å²) in [5.74, 6) is -0.866. The Balaban J connectivity index is 2.30. The van der Waals surface area contributed by atoms with Crippen LogP contribution in [0.4, 0.5) is 0 Å². The molecule has 6 heteroatoms. The molecule has 2 aliphatic carbocycles. The topological polar surface area (TPSA) is 77.3 Å². The van der Waals surface area contributed by atoms with Crippen LogP contribution in [-0.4, -0.2) is 39.9 Å². The molecule has 0 aliphatic heterocycles. The van der Waals surface area contributed by atoms with Crippen molar-refractivity contribution < 1.29 is 14.5 Å². The van der Waals surface area contributed by atoms with Crippen molar-refractivity contribution in [2.24, 2.45) is 11.8 Å². The van der Waals surface area contributed by atoms with Gasteiger partial charge in [0.25, 0.3) is 0 Å². The molecule has 17 heavy (non-hydrogen) atoms. The van der Waals surface area contributed by atoms with Crippen molar-refractivity contribution in [3.8, 4) is 0 Å². The first-order valence-corrected chi connectivity index (χ1v) is 7.64. The van der Waals surface area contributed by atoms with E-state index in [0.29, 0.717) is 17.7 Å². The molecule has 0 N–H and O–H groups in total. The zero-order chi connectivity index (χ0) is 12.7. The summed E-state index contributed by atoms with van der Waals surface area (Å²) in [6, 6.07) is -0.650. The van der Waals surface area contributed by atoms with Gasteiger partial charge in [-0.2, -0.15) is 10.5 Å². The fourth-order valence-corrected chi connectivity index (χ4v) is 3.91. The van der Waals surface area contributed by atoms with Gasteiger partial charge in [-0.15, -0.1) is 0 Å². The zero-order valence-corrected chi connectivity index (χ0v) is 10.7. The van der Waals surface area contributed by atoms with E-state index in [1.54, 1.807) is 0 Å². The smallest absolute Gasteiger partial charge is 0.213 e. The Bertz CT molecular complexity index is 439. The van der Waals surface area contributed by atoms with Gasteiger partial charge in [0.15, 0.2) is 11.6 Å². The predicted octanol–water partition coefficient (Wildman–Crippen LogP) is 0.901. The number of carbonyl (C=O) groups is 2. The molecule has 0 aromatic rings. The van der Waals surface area contributed by atoms with Gasteiger partial charge in [-0.05, 0) is 18.9 Å². The first-order valence-electron chi connectivity index (χ1n) is 5.60. The van der Waals surface area contributed by atoms with Gasteiger partial charge in [0, 0.05) is 29.6 Å². The number of carbonyl (C=O) groups excluding carboxylic acids is 2. The predicted molar refractivity (Wildman–Crippen MR) is 66.1 cm³/mol. The molecule has 0 heterocycles. The maximum atomic E-state index is 12.1. The summed E-state index contributed by atoms with van der Waals surface area (Å²) in [7, 11) is -0.342. The van der Waals surface area contributed by atoms with Crippen LogP contribution in [0.25, 0.3) is 0 Å². The lowest BCUT2D eigenvalue weighted by molar-refractivity contribution is -0.527. The second-order valence-electron chi connectivity index (χ2n) is 4.84. The van der Waals surface area contributed by atoms with Crippen LogP contribution in [0.5, 0.6) is 0 Å². The molecule has 94 valence electrons. The molecule has 5 nitrogen and oxygen atoms in total. The Morgan fingerprint density at radius 3 is 2.29 bits per heavy atom. The summed E-state index contributed by atoms with van der Waals surface area (Å²) >= 11 is 0. The van der Waals surface area contributed by atoms with Crippen LogP contribution in [0.15, 0.2) is 0 Å². The highest BCUT2D eigenvalue weighted by Crippen LogP contribution is 2.39. The highest BCUT2D eigenvalue weighted by atomic mass is 32.2. The third-order valence-electron chi connectivity index (χ3n) is 3.65. The minimum atomic E-state index is -0.650. The Morgan fingerprint density at radius 1 is 1.18 bits per heavy atom. The van der Waals surface area contributed by atoms with Crippen molar-refractivity contribution in [3.63, 3.8) is 0 Å². The van der Waals surface area contributed by atoms with E-state index in [-0.39, 0.29) is 39.3 Å². The summed E-state index contributed by atoms with van der Waals surface area (Å²) < 4.78 is 0. The van der Waals surface area contributed by atoms with Crippen molar-refractivity contribution in [3.05, 3.63) is 10.1 Å². The number of Topliss-reactive ketones (excluding diaryl/α,β-unsaturated/α-hetero) is 2. The molecule has 0 saturated heterocycles. The number of ketones is 2. The standard InChI is InChI=1S/C11H15NO4S/c1-17(2)11-9(13)7-4-3-6(12(15)16)5-8(7)10(11)14/h6-8H,3-5H2,1-2H3. The summed E-state index contributed by atoms with van der Waals surface area (Å²) in [5.41, 5.74) is 0. The first kappa shape index (κ1) is 12.4. The summed E-state index contributed by atoms with van der Waals surface area (Å²) in [6.07, 6.45) is 4.85. The third kappa shape index (κ3) is 1.94. The molecule has 0 spiro atoms.